The summed E-state index contributed by atoms with van der Waals surface area (Å²) in [6, 6.07) is 14.1. The van der Waals surface area contributed by atoms with Crippen LogP contribution in [-0.2, 0) is 19.6 Å². The van der Waals surface area contributed by atoms with Gasteiger partial charge in [0.2, 0.25) is 0 Å². The van der Waals surface area contributed by atoms with Crippen LogP contribution in [0.25, 0.3) is 5.65 Å². The Bertz CT molecular complexity index is 1330. The van der Waals surface area contributed by atoms with Gasteiger partial charge in [-0.25, -0.2) is 18.3 Å². The minimum absolute atomic E-state index is 0.0748. The molecule has 2 aromatic heterocycles. The van der Waals surface area contributed by atoms with Crippen molar-refractivity contribution in [2.24, 2.45) is 0 Å². The monoisotopic (exact) mass is 509 g/mol. The minimum Gasteiger partial charge on any atom is -0.298 e. The number of benzene rings is 2. The summed E-state index contributed by atoms with van der Waals surface area (Å²) in [6.45, 7) is 5.53. The standard InChI is InChI=1S/C28H30ClF2N5/c1-19-23(17-34(2)18-24-25(30)6-3-7-26(24)31)28-32-13-12-27(36(28)33-19)21-5-4-14-35(16-21)15-20-8-10-22(29)11-9-20/h3,6-13,21H,4-5,14-18H2,1-2H3. The molecule has 188 valence electrons. The molecule has 1 fully saturated rings. The van der Waals surface area contributed by atoms with Gasteiger partial charge in [0.05, 0.1) is 11.4 Å². The van der Waals surface area contributed by atoms with E-state index in [1.165, 1.54) is 23.8 Å². The van der Waals surface area contributed by atoms with Crippen LogP contribution in [0.2, 0.25) is 5.02 Å². The van der Waals surface area contributed by atoms with Gasteiger partial charge in [-0.2, -0.15) is 5.10 Å². The molecule has 0 spiro atoms. The van der Waals surface area contributed by atoms with E-state index >= 15 is 0 Å². The number of piperidine rings is 1. The maximum atomic E-state index is 14.2. The van der Waals surface area contributed by atoms with E-state index in [-0.39, 0.29) is 12.1 Å². The largest absolute Gasteiger partial charge is 0.298 e. The van der Waals surface area contributed by atoms with Crippen molar-refractivity contribution in [3.8, 4) is 0 Å². The first kappa shape index (κ1) is 24.8. The van der Waals surface area contributed by atoms with Crippen molar-refractivity contribution in [2.75, 3.05) is 20.1 Å². The van der Waals surface area contributed by atoms with Crippen molar-refractivity contribution in [1.82, 2.24) is 24.4 Å². The van der Waals surface area contributed by atoms with Crippen LogP contribution >= 0.6 is 11.6 Å². The van der Waals surface area contributed by atoms with E-state index in [2.05, 4.69) is 28.1 Å². The van der Waals surface area contributed by atoms with E-state index in [1.54, 1.807) is 0 Å². The van der Waals surface area contributed by atoms with Gasteiger partial charge in [0.1, 0.15) is 11.6 Å². The Morgan fingerprint density at radius 2 is 1.75 bits per heavy atom. The molecule has 0 bridgehead atoms. The van der Waals surface area contributed by atoms with E-state index < -0.39 is 11.6 Å². The Morgan fingerprint density at radius 3 is 2.50 bits per heavy atom. The third-order valence-electron chi connectivity index (χ3n) is 7.00. The summed E-state index contributed by atoms with van der Waals surface area (Å²) >= 11 is 6.05. The molecule has 2 aromatic carbocycles. The summed E-state index contributed by atoms with van der Waals surface area (Å²) in [7, 11) is 1.86. The fraction of sp³-hybridized carbons (Fsp3) is 0.357. The summed E-state index contributed by atoms with van der Waals surface area (Å²) in [6.07, 6.45) is 4.06. The zero-order valence-electron chi connectivity index (χ0n) is 20.6. The van der Waals surface area contributed by atoms with Gasteiger partial charge in [-0.3, -0.25) is 9.80 Å². The van der Waals surface area contributed by atoms with Crippen LogP contribution in [0.5, 0.6) is 0 Å². The fourth-order valence-corrected chi connectivity index (χ4v) is 5.30. The molecule has 1 unspecified atom stereocenters. The molecular formula is C28H30ClF2N5. The topological polar surface area (TPSA) is 36.7 Å². The van der Waals surface area contributed by atoms with Gasteiger partial charge in [0, 0.05) is 54.4 Å². The van der Waals surface area contributed by atoms with Crippen molar-refractivity contribution in [3.63, 3.8) is 0 Å². The van der Waals surface area contributed by atoms with Crippen molar-refractivity contribution < 1.29 is 8.78 Å². The van der Waals surface area contributed by atoms with Gasteiger partial charge in [0.25, 0.3) is 0 Å². The Balaban J connectivity index is 1.35. The second kappa shape index (κ2) is 10.6. The molecule has 1 atom stereocenters. The lowest BCUT2D eigenvalue weighted by atomic mass is 9.94. The first-order valence-electron chi connectivity index (χ1n) is 12.3. The normalized spacial score (nSPS) is 16.8. The van der Waals surface area contributed by atoms with Crippen LogP contribution in [0, 0.1) is 18.6 Å². The molecule has 1 aliphatic rings. The highest BCUT2D eigenvalue weighted by molar-refractivity contribution is 6.30. The van der Waals surface area contributed by atoms with Crippen molar-refractivity contribution in [3.05, 3.63) is 99.5 Å². The molecule has 0 N–H and O–H groups in total. The Labute approximate surface area is 215 Å². The van der Waals surface area contributed by atoms with Crippen LogP contribution < -0.4 is 0 Å². The van der Waals surface area contributed by atoms with Gasteiger partial charge in [0.15, 0.2) is 5.65 Å². The number of hydrogen-bond acceptors (Lipinski definition) is 4. The molecule has 0 amide bonds. The highest BCUT2D eigenvalue weighted by Gasteiger charge is 2.25. The van der Waals surface area contributed by atoms with E-state index in [0.29, 0.717) is 12.5 Å². The Morgan fingerprint density at radius 1 is 1.03 bits per heavy atom. The van der Waals surface area contributed by atoms with Crippen LogP contribution in [-0.4, -0.2) is 44.5 Å². The zero-order valence-corrected chi connectivity index (χ0v) is 21.3. The van der Waals surface area contributed by atoms with Crippen LogP contribution in [0.15, 0.2) is 54.7 Å². The Kier molecular flexibility index (Phi) is 7.32. The summed E-state index contributed by atoms with van der Waals surface area (Å²) in [4.78, 5) is 9.03. The first-order valence-corrected chi connectivity index (χ1v) is 12.7. The second-order valence-electron chi connectivity index (χ2n) is 9.74. The summed E-state index contributed by atoms with van der Waals surface area (Å²) in [5.74, 6) is -0.715. The molecule has 0 saturated carbocycles. The molecule has 5 nitrogen and oxygen atoms in total. The molecular weight excluding hydrogens is 480 g/mol. The molecule has 1 saturated heterocycles. The number of hydrogen-bond donors (Lipinski definition) is 0. The molecule has 0 radical (unpaired) electrons. The average molecular weight is 510 g/mol. The van der Waals surface area contributed by atoms with Crippen LogP contribution in [0.3, 0.4) is 0 Å². The molecule has 36 heavy (non-hydrogen) atoms. The van der Waals surface area contributed by atoms with E-state index in [1.807, 2.05) is 41.7 Å². The smallest absolute Gasteiger partial charge is 0.160 e. The van der Waals surface area contributed by atoms with Crippen LogP contribution in [0.1, 0.15) is 46.8 Å². The van der Waals surface area contributed by atoms with E-state index in [4.69, 9.17) is 16.7 Å². The van der Waals surface area contributed by atoms with Gasteiger partial charge >= 0.3 is 0 Å². The molecule has 8 heteroatoms. The van der Waals surface area contributed by atoms with Crippen molar-refractivity contribution in [1.29, 1.82) is 0 Å². The third-order valence-corrected chi connectivity index (χ3v) is 7.26. The van der Waals surface area contributed by atoms with Gasteiger partial charge in [-0.05, 0) is 69.3 Å². The summed E-state index contributed by atoms with van der Waals surface area (Å²) in [5, 5.41) is 5.60. The van der Waals surface area contributed by atoms with E-state index in [0.717, 1.165) is 60.1 Å². The number of halogens is 3. The van der Waals surface area contributed by atoms with Crippen molar-refractivity contribution >= 4 is 17.2 Å². The van der Waals surface area contributed by atoms with Gasteiger partial charge in [-0.1, -0.05) is 29.8 Å². The number of likely N-dealkylation sites (tertiary alicyclic amines) is 1. The highest BCUT2D eigenvalue weighted by Crippen LogP contribution is 2.29. The maximum Gasteiger partial charge on any atom is 0.160 e. The minimum atomic E-state index is -0.528. The quantitative estimate of drug-likeness (QED) is 0.307. The third kappa shape index (κ3) is 5.28. The SMILES string of the molecule is Cc1nn2c(C3CCCN(Cc4ccc(Cl)cc4)C3)ccnc2c1CN(C)Cc1c(F)cccc1F. The van der Waals surface area contributed by atoms with Gasteiger partial charge in [-0.15, -0.1) is 0 Å². The molecule has 5 rings (SSSR count). The predicted octanol–water partition coefficient (Wildman–Crippen LogP) is 5.98. The lowest BCUT2D eigenvalue weighted by molar-refractivity contribution is 0.197. The predicted molar refractivity (Wildman–Crippen MR) is 138 cm³/mol. The average Bonchev–Trinajstić information content (AvgIpc) is 3.18. The molecule has 0 aliphatic carbocycles. The number of nitrogens with zero attached hydrogens (tertiary/aromatic N) is 5. The first-order chi connectivity index (χ1) is 17.4. The molecule has 4 aromatic rings. The van der Waals surface area contributed by atoms with Crippen molar-refractivity contribution in [2.45, 2.75) is 45.3 Å². The fourth-order valence-electron chi connectivity index (χ4n) is 5.18. The second-order valence-corrected chi connectivity index (χ2v) is 10.2. The summed E-state index contributed by atoms with van der Waals surface area (Å²) < 4.78 is 30.3. The number of fused-ring (bicyclic) bond motifs is 1. The van der Waals surface area contributed by atoms with E-state index in [9.17, 15) is 8.78 Å². The summed E-state index contributed by atoms with van der Waals surface area (Å²) in [5.41, 5.74) is 5.14. The lowest BCUT2D eigenvalue weighted by Crippen LogP contribution is -2.34. The number of aromatic nitrogens is 3. The molecule has 3 heterocycles. The Hall–Kier alpha value is -2.87. The maximum absolute atomic E-state index is 14.2. The number of aryl methyl sites for hydroxylation is 1. The van der Waals surface area contributed by atoms with Crippen LogP contribution in [0.4, 0.5) is 8.78 Å². The molecule has 1 aliphatic heterocycles. The zero-order chi connectivity index (χ0) is 25.2. The number of rotatable bonds is 7. The lowest BCUT2D eigenvalue weighted by Gasteiger charge is -2.33. The van der Waals surface area contributed by atoms with Gasteiger partial charge < -0.3 is 0 Å². The highest BCUT2D eigenvalue weighted by atomic mass is 35.5.